The standard InChI is InChI=1S/C27H22O15/c28-8-18-21(35)23(37)27(41-18)42-25-22(36)19-16(39-24(25)9-1-2-12(30)13(31)3-9)6-11(29)7-17(19)40-26(38)10-4-14(32)20(34)15(33)5-10/h1-7,18,21,23,27-35,37H,8H2/t18-,21-,23+,27-/m0/s1. The highest BCUT2D eigenvalue weighted by Crippen LogP contribution is 2.40. The molecule has 1 aliphatic rings. The van der Waals surface area contributed by atoms with E-state index in [1.807, 2.05) is 0 Å². The molecular formula is C27H22O15. The van der Waals surface area contributed by atoms with Crippen LogP contribution in [-0.2, 0) is 4.74 Å². The zero-order chi connectivity index (χ0) is 30.5. The van der Waals surface area contributed by atoms with Gasteiger partial charge in [-0.25, -0.2) is 4.79 Å². The van der Waals surface area contributed by atoms with E-state index in [0.717, 1.165) is 36.4 Å². The number of aliphatic hydroxyl groups is 3. The van der Waals surface area contributed by atoms with Crippen LogP contribution >= 0.6 is 0 Å². The molecule has 9 N–H and O–H groups in total. The van der Waals surface area contributed by atoms with E-state index in [9.17, 15) is 55.5 Å². The van der Waals surface area contributed by atoms with Crippen molar-refractivity contribution in [3.05, 3.63) is 58.3 Å². The molecule has 0 aliphatic carbocycles. The van der Waals surface area contributed by atoms with Crippen LogP contribution in [0, 0.1) is 0 Å². The number of carbonyl (C=O) groups is 1. The summed E-state index contributed by atoms with van der Waals surface area (Å²) >= 11 is 0. The van der Waals surface area contributed by atoms with Crippen LogP contribution in [0.5, 0.6) is 46.0 Å². The van der Waals surface area contributed by atoms with Crippen LogP contribution in [0.1, 0.15) is 10.4 Å². The third kappa shape index (κ3) is 4.92. The molecular weight excluding hydrogens is 564 g/mol. The Bertz CT molecular complexity index is 1740. The lowest BCUT2D eigenvalue weighted by Gasteiger charge is -2.19. The van der Waals surface area contributed by atoms with Crippen molar-refractivity contribution in [2.24, 2.45) is 0 Å². The number of esters is 1. The number of rotatable bonds is 6. The van der Waals surface area contributed by atoms with E-state index in [2.05, 4.69) is 0 Å². The van der Waals surface area contributed by atoms with Crippen LogP contribution in [0.4, 0.5) is 0 Å². The summed E-state index contributed by atoms with van der Waals surface area (Å²) in [6.07, 6.45) is -6.33. The molecule has 15 nitrogen and oxygen atoms in total. The number of hydrogen-bond donors (Lipinski definition) is 9. The number of aliphatic hydroxyl groups excluding tert-OH is 3. The van der Waals surface area contributed by atoms with E-state index in [1.54, 1.807) is 0 Å². The maximum atomic E-state index is 13.9. The van der Waals surface area contributed by atoms with E-state index >= 15 is 0 Å². The van der Waals surface area contributed by atoms with Gasteiger partial charge in [-0.2, -0.15) is 0 Å². The number of ether oxygens (including phenoxy) is 3. The predicted octanol–water partition coefficient (Wildman–Crippen LogP) is 0.731. The molecule has 1 fully saturated rings. The number of benzene rings is 3. The highest BCUT2D eigenvalue weighted by atomic mass is 16.7. The Kier molecular flexibility index (Phi) is 7.17. The minimum absolute atomic E-state index is 0.0389. The average Bonchev–Trinajstić information content (AvgIpc) is 3.21. The van der Waals surface area contributed by atoms with Gasteiger partial charge < -0.3 is 64.6 Å². The first kappa shape index (κ1) is 28.3. The van der Waals surface area contributed by atoms with E-state index in [-0.39, 0.29) is 11.1 Å². The molecule has 0 saturated carbocycles. The molecule has 42 heavy (non-hydrogen) atoms. The van der Waals surface area contributed by atoms with Crippen LogP contribution in [0.3, 0.4) is 0 Å². The lowest BCUT2D eigenvalue weighted by molar-refractivity contribution is -0.117. The van der Waals surface area contributed by atoms with Crippen molar-refractivity contribution in [3.63, 3.8) is 0 Å². The lowest BCUT2D eigenvalue weighted by Crippen LogP contribution is -2.36. The minimum atomic E-state index is -1.75. The number of phenols is 6. The third-order valence-corrected chi connectivity index (χ3v) is 6.38. The van der Waals surface area contributed by atoms with Gasteiger partial charge in [0.1, 0.15) is 40.8 Å². The average molecular weight is 586 g/mol. The zero-order valence-corrected chi connectivity index (χ0v) is 21.0. The van der Waals surface area contributed by atoms with Crippen molar-refractivity contribution in [3.8, 4) is 57.3 Å². The van der Waals surface area contributed by atoms with Crippen molar-refractivity contribution >= 4 is 16.9 Å². The van der Waals surface area contributed by atoms with Gasteiger partial charge in [0.05, 0.1) is 12.2 Å². The smallest absolute Gasteiger partial charge is 0.343 e. The first-order chi connectivity index (χ1) is 19.9. The zero-order valence-electron chi connectivity index (χ0n) is 21.0. The molecule has 1 aliphatic heterocycles. The molecule has 4 atom stereocenters. The molecule has 0 spiro atoms. The fourth-order valence-electron chi connectivity index (χ4n) is 4.26. The lowest BCUT2D eigenvalue weighted by atomic mass is 10.1. The Labute approximate surface area is 233 Å². The second-order valence-electron chi connectivity index (χ2n) is 9.19. The van der Waals surface area contributed by atoms with Gasteiger partial charge in [-0.1, -0.05) is 0 Å². The summed E-state index contributed by atoms with van der Waals surface area (Å²) in [6.45, 7) is -0.704. The van der Waals surface area contributed by atoms with E-state index in [4.69, 9.17) is 18.6 Å². The summed E-state index contributed by atoms with van der Waals surface area (Å²) in [6, 6.07) is 6.73. The van der Waals surface area contributed by atoms with Crippen molar-refractivity contribution in [1.29, 1.82) is 0 Å². The Hall–Kier alpha value is -5.22. The topological polar surface area (TPSA) is 257 Å². The largest absolute Gasteiger partial charge is 0.508 e. The molecule has 3 aromatic carbocycles. The highest BCUT2D eigenvalue weighted by Gasteiger charge is 2.45. The summed E-state index contributed by atoms with van der Waals surface area (Å²) < 4.78 is 22.0. The number of fused-ring (bicyclic) bond motifs is 1. The molecule has 1 aromatic heterocycles. The second-order valence-corrected chi connectivity index (χ2v) is 9.19. The monoisotopic (exact) mass is 586 g/mol. The first-order valence-electron chi connectivity index (χ1n) is 12.0. The molecule has 15 heteroatoms. The van der Waals surface area contributed by atoms with E-state index in [0.29, 0.717) is 0 Å². The second kappa shape index (κ2) is 10.6. The molecule has 0 bridgehead atoms. The number of aromatic hydroxyl groups is 6. The molecule has 0 unspecified atom stereocenters. The van der Waals surface area contributed by atoms with Gasteiger partial charge >= 0.3 is 5.97 Å². The van der Waals surface area contributed by atoms with Crippen LogP contribution in [0.2, 0.25) is 0 Å². The van der Waals surface area contributed by atoms with Crippen molar-refractivity contribution in [2.45, 2.75) is 24.6 Å². The summed E-state index contributed by atoms with van der Waals surface area (Å²) in [4.78, 5) is 26.7. The normalized spacial score (nSPS) is 20.1. The third-order valence-electron chi connectivity index (χ3n) is 6.38. The molecule has 0 radical (unpaired) electrons. The van der Waals surface area contributed by atoms with Crippen LogP contribution in [0.15, 0.2) is 51.7 Å². The Morgan fingerprint density at radius 3 is 2.17 bits per heavy atom. The minimum Gasteiger partial charge on any atom is -0.508 e. The quantitative estimate of drug-likeness (QED) is 0.0857. The Balaban J connectivity index is 1.68. The molecule has 4 aromatic rings. The van der Waals surface area contributed by atoms with Crippen LogP contribution in [0.25, 0.3) is 22.3 Å². The van der Waals surface area contributed by atoms with Gasteiger partial charge in [-0.3, -0.25) is 4.79 Å². The summed E-state index contributed by atoms with van der Waals surface area (Å²) in [5, 5.41) is 88.5. The van der Waals surface area contributed by atoms with Gasteiger partial charge in [0.15, 0.2) is 34.5 Å². The molecule has 1 saturated heterocycles. The van der Waals surface area contributed by atoms with Crippen LogP contribution in [-0.4, -0.2) is 83.1 Å². The fraction of sp³-hybridized carbons (Fsp3) is 0.185. The van der Waals surface area contributed by atoms with Gasteiger partial charge in [0.2, 0.25) is 17.5 Å². The molecule has 5 rings (SSSR count). The van der Waals surface area contributed by atoms with Crippen molar-refractivity contribution in [2.75, 3.05) is 6.61 Å². The van der Waals surface area contributed by atoms with E-state index < -0.39 is 105 Å². The highest BCUT2D eigenvalue weighted by molar-refractivity contribution is 5.96. The van der Waals surface area contributed by atoms with E-state index in [1.165, 1.54) is 6.07 Å². The van der Waals surface area contributed by atoms with Crippen LogP contribution < -0.4 is 14.9 Å². The van der Waals surface area contributed by atoms with Gasteiger partial charge in [0.25, 0.3) is 0 Å². The summed E-state index contributed by atoms with van der Waals surface area (Å²) in [7, 11) is 0. The fourth-order valence-corrected chi connectivity index (χ4v) is 4.26. The Morgan fingerprint density at radius 2 is 1.55 bits per heavy atom. The molecule has 2 heterocycles. The molecule has 0 amide bonds. The van der Waals surface area contributed by atoms with Gasteiger partial charge in [0, 0.05) is 17.7 Å². The van der Waals surface area contributed by atoms with Gasteiger partial charge in [-0.05, 0) is 30.3 Å². The maximum Gasteiger partial charge on any atom is 0.343 e. The maximum absolute atomic E-state index is 13.9. The summed E-state index contributed by atoms with van der Waals surface area (Å²) in [5.41, 5.74) is -1.92. The van der Waals surface area contributed by atoms with Crippen molar-refractivity contribution < 1.29 is 69.4 Å². The van der Waals surface area contributed by atoms with Crippen molar-refractivity contribution in [1.82, 2.24) is 0 Å². The predicted molar refractivity (Wildman–Crippen MR) is 138 cm³/mol. The Morgan fingerprint density at radius 1 is 0.857 bits per heavy atom. The summed E-state index contributed by atoms with van der Waals surface area (Å²) in [5.74, 6) is -7.17. The van der Waals surface area contributed by atoms with Gasteiger partial charge in [-0.15, -0.1) is 0 Å². The number of phenolic OH excluding ortho intramolecular Hbond substituents is 6. The number of carbonyl (C=O) groups excluding carboxylic acids is 1. The molecule has 220 valence electrons. The first-order valence-corrected chi connectivity index (χ1v) is 12.0. The SMILES string of the molecule is O=C(Oc1cc(O)cc2oc(-c3ccc(O)c(O)c3)c(O[C@@H]3O[C@@H](CO)[C@H](O)[C@H]3O)c(=O)c12)c1cc(O)c(O)c(O)c1. The number of hydrogen-bond acceptors (Lipinski definition) is 15.